The Morgan fingerprint density at radius 1 is 1.29 bits per heavy atom. The third-order valence-corrected chi connectivity index (χ3v) is 3.88. The Bertz CT molecular complexity index is 678. The maximum absolute atomic E-state index is 12.4. The van der Waals surface area contributed by atoms with E-state index in [4.69, 9.17) is 4.74 Å². The van der Waals surface area contributed by atoms with Gasteiger partial charge in [-0.05, 0) is 18.2 Å². The van der Waals surface area contributed by atoms with Crippen molar-refractivity contribution in [3.63, 3.8) is 0 Å². The van der Waals surface area contributed by atoms with Gasteiger partial charge >= 0.3 is 5.97 Å². The van der Waals surface area contributed by atoms with Crippen LogP contribution in [0.2, 0.25) is 0 Å². The number of aromatic nitrogens is 2. The third-order valence-electron chi connectivity index (χ3n) is 3.88. The smallest absolute Gasteiger partial charge is 0.339 e. The lowest BCUT2D eigenvalue weighted by Gasteiger charge is -2.28. The minimum absolute atomic E-state index is 0.108. The summed E-state index contributed by atoms with van der Waals surface area (Å²) in [5, 5.41) is 4.13. The zero-order valence-corrected chi connectivity index (χ0v) is 11.8. The van der Waals surface area contributed by atoms with Crippen LogP contribution >= 0.6 is 0 Å². The second-order valence-corrected chi connectivity index (χ2v) is 5.31. The van der Waals surface area contributed by atoms with E-state index in [-0.39, 0.29) is 12.2 Å². The number of rotatable bonds is 3. The summed E-state index contributed by atoms with van der Waals surface area (Å²) >= 11 is 0. The first-order valence-corrected chi connectivity index (χ1v) is 6.89. The fourth-order valence-corrected chi connectivity index (χ4v) is 2.83. The highest BCUT2D eigenvalue weighted by Gasteiger charge is 2.45. The Hall–Kier alpha value is -2.43. The minimum Gasteiger partial charge on any atom is -0.448 e. The average molecular weight is 284 g/mol. The van der Waals surface area contributed by atoms with Crippen LogP contribution in [-0.2, 0) is 22.2 Å². The summed E-state index contributed by atoms with van der Waals surface area (Å²) in [5.74, 6) is -0.302. The lowest BCUT2D eigenvalue weighted by molar-refractivity contribution is -0.119. The van der Waals surface area contributed by atoms with Crippen LogP contribution in [0.3, 0.4) is 0 Å². The Morgan fingerprint density at radius 3 is 2.62 bits per heavy atom. The van der Waals surface area contributed by atoms with Crippen molar-refractivity contribution < 1.29 is 14.3 Å². The molecule has 1 aromatic carbocycles. The van der Waals surface area contributed by atoms with Gasteiger partial charge in [0.15, 0.2) is 5.60 Å². The van der Waals surface area contributed by atoms with Crippen molar-refractivity contribution in [3.8, 4) is 0 Å². The maximum atomic E-state index is 12.4. The van der Waals surface area contributed by atoms with Crippen molar-refractivity contribution >= 4 is 11.8 Å². The number of nitrogens with zero attached hydrogens (tertiary/aromatic N) is 2. The first-order chi connectivity index (χ1) is 10.1. The molecule has 0 radical (unpaired) electrons. The zero-order valence-electron chi connectivity index (χ0n) is 11.8. The molecular formula is C16H16N2O3. The van der Waals surface area contributed by atoms with E-state index < -0.39 is 11.6 Å². The summed E-state index contributed by atoms with van der Waals surface area (Å²) in [5.41, 5.74) is 0.353. The number of ether oxygens (including phenoxy) is 1. The molecule has 0 N–H and O–H groups in total. The van der Waals surface area contributed by atoms with Gasteiger partial charge in [0, 0.05) is 26.1 Å². The van der Waals surface area contributed by atoms with Gasteiger partial charge in [-0.1, -0.05) is 18.2 Å². The van der Waals surface area contributed by atoms with Gasteiger partial charge in [-0.2, -0.15) is 5.10 Å². The van der Waals surface area contributed by atoms with Crippen molar-refractivity contribution in [1.29, 1.82) is 0 Å². The van der Waals surface area contributed by atoms with Gasteiger partial charge in [-0.25, -0.2) is 4.79 Å². The molecule has 1 unspecified atom stereocenters. The van der Waals surface area contributed by atoms with E-state index in [1.807, 2.05) is 6.07 Å². The molecule has 5 heteroatoms. The molecule has 1 aliphatic rings. The highest BCUT2D eigenvalue weighted by atomic mass is 16.6. The first kappa shape index (κ1) is 13.5. The van der Waals surface area contributed by atoms with Gasteiger partial charge < -0.3 is 4.74 Å². The van der Waals surface area contributed by atoms with E-state index in [9.17, 15) is 9.59 Å². The predicted molar refractivity (Wildman–Crippen MR) is 75.6 cm³/mol. The van der Waals surface area contributed by atoms with Gasteiger partial charge in [0.05, 0.1) is 17.7 Å². The molecular weight excluding hydrogens is 268 g/mol. The Kier molecular flexibility index (Phi) is 3.33. The van der Waals surface area contributed by atoms with Crippen LogP contribution in [0.1, 0.15) is 35.3 Å². The number of esters is 1. The number of ketones is 1. The number of Topliss-reactive ketones (excluding diaryl/α,β-unsaturated/α-hetero) is 1. The fraction of sp³-hybridized carbons (Fsp3) is 0.312. The van der Waals surface area contributed by atoms with Crippen LogP contribution in [0.4, 0.5) is 0 Å². The topological polar surface area (TPSA) is 61.2 Å². The van der Waals surface area contributed by atoms with Crippen molar-refractivity contribution in [2.24, 2.45) is 7.05 Å². The van der Waals surface area contributed by atoms with Gasteiger partial charge in [-0.15, -0.1) is 0 Å². The predicted octanol–water partition coefficient (Wildman–Crippen LogP) is 2.23. The molecule has 1 aliphatic carbocycles. The normalized spacial score (nSPS) is 21.5. The first-order valence-electron chi connectivity index (χ1n) is 6.89. The molecule has 1 saturated carbocycles. The zero-order chi connectivity index (χ0) is 14.9. The number of carbonyl (C=O) groups excluding carboxylic acids is 2. The van der Waals surface area contributed by atoms with Crippen molar-refractivity contribution in [3.05, 3.63) is 53.9 Å². The van der Waals surface area contributed by atoms with E-state index in [0.717, 1.165) is 5.69 Å². The number of carbonyl (C=O) groups is 2. The van der Waals surface area contributed by atoms with Crippen LogP contribution in [-0.4, -0.2) is 21.5 Å². The summed E-state index contributed by atoms with van der Waals surface area (Å²) in [6, 6.07) is 10.6. The molecule has 1 heterocycles. The Balaban J connectivity index is 1.93. The molecule has 0 amide bonds. The Morgan fingerprint density at radius 2 is 2.05 bits per heavy atom. The number of hydrogen-bond donors (Lipinski definition) is 0. The molecule has 3 rings (SSSR count). The molecule has 1 fully saturated rings. The van der Waals surface area contributed by atoms with Gasteiger partial charge in [0.2, 0.25) is 0 Å². The van der Waals surface area contributed by atoms with Crippen molar-refractivity contribution in [2.75, 3.05) is 0 Å². The van der Waals surface area contributed by atoms with E-state index >= 15 is 0 Å². The molecule has 2 aromatic rings. The molecule has 1 atom stereocenters. The summed E-state index contributed by atoms with van der Waals surface area (Å²) in [6.07, 6.45) is 2.79. The number of hydrogen-bond acceptors (Lipinski definition) is 4. The molecule has 0 bridgehead atoms. The van der Waals surface area contributed by atoms with Crippen molar-refractivity contribution in [1.82, 2.24) is 9.78 Å². The standard InChI is InChI=1S/C16H16N2O3/c1-18-14(8-10-17-18)16(9-7-13(19)11-16)21-15(20)12-5-3-2-4-6-12/h2-6,8,10H,7,9,11H2,1H3. The second-order valence-electron chi connectivity index (χ2n) is 5.31. The lowest BCUT2D eigenvalue weighted by atomic mass is 9.97. The second kappa shape index (κ2) is 5.16. The van der Waals surface area contributed by atoms with Crippen LogP contribution in [0.5, 0.6) is 0 Å². The third kappa shape index (κ3) is 2.46. The van der Waals surface area contributed by atoms with E-state index in [1.54, 1.807) is 48.3 Å². The molecule has 21 heavy (non-hydrogen) atoms. The average Bonchev–Trinajstić information content (AvgIpc) is 3.07. The van der Waals surface area contributed by atoms with Crippen molar-refractivity contribution in [2.45, 2.75) is 24.9 Å². The lowest BCUT2D eigenvalue weighted by Crippen LogP contribution is -2.32. The maximum Gasteiger partial charge on any atom is 0.339 e. The molecule has 5 nitrogen and oxygen atoms in total. The quantitative estimate of drug-likeness (QED) is 0.811. The van der Waals surface area contributed by atoms with E-state index in [0.29, 0.717) is 18.4 Å². The molecule has 0 aliphatic heterocycles. The van der Waals surface area contributed by atoms with Crippen LogP contribution in [0.15, 0.2) is 42.6 Å². The summed E-state index contributed by atoms with van der Waals surface area (Å²) in [4.78, 5) is 24.1. The monoisotopic (exact) mass is 284 g/mol. The number of benzene rings is 1. The summed E-state index contributed by atoms with van der Waals surface area (Å²) < 4.78 is 7.42. The van der Waals surface area contributed by atoms with Crippen LogP contribution < -0.4 is 0 Å². The van der Waals surface area contributed by atoms with Gasteiger partial charge in [0.1, 0.15) is 5.78 Å². The number of aryl methyl sites for hydroxylation is 1. The van der Waals surface area contributed by atoms with E-state index in [1.165, 1.54) is 0 Å². The summed E-state index contributed by atoms with van der Waals surface area (Å²) in [7, 11) is 1.79. The van der Waals surface area contributed by atoms with E-state index in [2.05, 4.69) is 5.10 Å². The fourth-order valence-electron chi connectivity index (χ4n) is 2.83. The van der Waals surface area contributed by atoms with Gasteiger partial charge in [-0.3, -0.25) is 9.48 Å². The Labute approximate surface area is 122 Å². The minimum atomic E-state index is -0.894. The van der Waals surface area contributed by atoms with Crippen LogP contribution in [0, 0.1) is 0 Å². The molecule has 108 valence electrons. The van der Waals surface area contributed by atoms with Gasteiger partial charge in [0.25, 0.3) is 0 Å². The molecule has 1 aromatic heterocycles. The highest BCUT2D eigenvalue weighted by Crippen LogP contribution is 2.40. The van der Waals surface area contributed by atoms with Crippen LogP contribution in [0.25, 0.3) is 0 Å². The SMILES string of the molecule is Cn1nccc1C1(OC(=O)c2ccccc2)CCC(=O)C1. The summed E-state index contributed by atoms with van der Waals surface area (Å²) in [6.45, 7) is 0. The molecule has 0 spiro atoms. The molecule has 0 saturated heterocycles. The largest absolute Gasteiger partial charge is 0.448 e. The highest BCUT2D eigenvalue weighted by molar-refractivity contribution is 5.90.